The van der Waals surface area contributed by atoms with Gasteiger partial charge in [0.1, 0.15) is 12.1 Å². The number of rotatable bonds is 3. The molecular formula is C22H16F4N4O. The van der Waals surface area contributed by atoms with Gasteiger partial charge in [-0.3, -0.25) is 9.78 Å². The molecule has 9 heteroatoms. The fourth-order valence-corrected chi connectivity index (χ4v) is 4.16. The molecule has 5 nitrogen and oxygen atoms in total. The zero-order valence-corrected chi connectivity index (χ0v) is 16.1. The third-order valence-corrected chi connectivity index (χ3v) is 5.74. The van der Waals surface area contributed by atoms with Crippen LogP contribution in [-0.4, -0.2) is 27.4 Å². The number of halogens is 4. The average molecular weight is 428 g/mol. The van der Waals surface area contributed by atoms with Gasteiger partial charge in [-0.15, -0.1) is 0 Å². The van der Waals surface area contributed by atoms with Gasteiger partial charge in [-0.05, 0) is 60.2 Å². The van der Waals surface area contributed by atoms with Crippen LogP contribution in [0.4, 0.5) is 17.6 Å². The van der Waals surface area contributed by atoms with Crippen molar-refractivity contribution in [3.63, 3.8) is 0 Å². The summed E-state index contributed by atoms with van der Waals surface area (Å²) in [6, 6.07) is 6.07. The molecule has 158 valence electrons. The number of hydrogen-bond acceptors (Lipinski definition) is 4. The van der Waals surface area contributed by atoms with Gasteiger partial charge in [-0.1, -0.05) is 0 Å². The zero-order chi connectivity index (χ0) is 21.8. The van der Waals surface area contributed by atoms with Crippen LogP contribution in [0.3, 0.4) is 0 Å². The standard InChI is InChI=1S/C22H16F4N4O/c23-13-6-11(5-12(7-13)22(24,25)26)16-8-17(16)18-9-19(30-10-29-18)20-14-1-4-28-21(31)15(14)2-3-27-20/h2-3,5-7,9-10,16-17H,1,4,8H2,(H,28,31)/t16-,17+/m1/s1. The van der Waals surface area contributed by atoms with Crippen LogP contribution >= 0.6 is 0 Å². The molecular weight excluding hydrogens is 412 g/mol. The van der Waals surface area contributed by atoms with Crippen molar-refractivity contribution < 1.29 is 22.4 Å². The second-order valence-corrected chi connectivity index (χ2v) is 7.74. The zero-order valence-electron chi connectivity index (χ0n) is 16.1. The molecule has 1 amide bonds. The Balaban J connectivity index is 1.46. The fourth-order valence-electron chi connectivity index (χ4n) is 4.16. The third kappa shape index (κ3) is 3.64. The molecule has 1 fully saturated rings. The maximum Gasteiger partial charge on any atom is 0.416 e. The molecule has 1 aliphatic carbocycles. The normalized spacial score (nSPS) is 20.2. The Bertz CT molecular complexity index is 1190. The van der Waals surface area contributed by atoms with Crippen LogP contribution in [0.1, 0.15) is 51.0 Å². The van der Waals surface area contributed by atoms with E-state index >= 15 is 0 Å². The number of hydrogen-bond donors (Lipinski definition) is 1. The summed E-state index contributed by atoms with van der Waals surface area (Å²) < 4.78 is 52.9. The fraction of sp³-hybridized carbons (Fsp3) is 0.273. The first kappa shape index (κ1) is 19.6. The number of fused-ring (bicyclic) bond motifs is 1. The average Bonchev–Trinajstić information content (AvgIpc) is 3.54. The number of nitrogens with zero attached hydrogens (tertiary/aromatic N) is 3. The van der Waals surface area contributed by atoms with Crippen molar-refractivity contribution in [1.29, 1.82) is 0 Å². The van der Waals surface area contributed by atoms with E-state index in [0.717, 1.165) is 17.7 Å². The van der Waals surface area contributed by atoms with Crippen molar-refractivity contribution in [2.24, 2.45) is 0 Å². The van der Waals surface area contributed by atoms with Gasteiger partial charge in [-0.25, -0.2) is 14.4 Å². The Morgan fingerprint density at radius 1 is 1.03 bits per heavy atom. The molecule has 0 spiro atoms. The van der Waals surface area contributed by atoms with Crippen LogP contribution in [0.5, 0.6) is 0 Å². The maximum absolute atomic E-state index is 13.8. The molecule has 0 bridgehead atoms. The van der Waals surface area contributed by atoms with E-state index in [2.05, 4.69) is 20.3 Å². The van der Waals surface area contributed by atoms with Gasteiger partial charge in [-0.2, -0.15) is 13.2 Å². The van der Waals surface area contributed by atoms with E-state index in [1.807, 2.05) is 0 Å². The maximum atomic E-state index is 13.8. The van der Waals surface area contributed by atoms with Gasteiger partial charge in [0.05, 0.1) is 17.0 Å². The van der Waals surface area contributed by atoms with Crippen molar-refractivity contribution in [3.8, 4) is 11.4 Å². The van der Waals surface area contributed by atoms with Crippen LogP contribution in [0.15, 0.2) is 42.9 Å². The van der Waals surface area contributed by atoms with E-state index in [9.17, 15) is 22.4 Å². The molecule has 1 N–H and O–H groups in total. The van der Waals surface area contributed by atoms with E-state index in [1.54, 1.807) is 18.3 Å². The lowest BCUT2D eigenvalue weighted by atomic mass is 9.97. The van der Waals surface area contributed by atoms with E-state index in [1.165, 1.54) is 6.33 Å². The van der Waals surface area contributed by atoms with Gasteiger partial charge >= 0.3 is 6.18 Å². The van der Waals surface area contributed by atoms with Gasteiger partial charge < -0.3 is 5.32 Å². The summed E-state index contributed by atoms with van der Waals surface area (Å²) in [6.07, 6.45) is -0.476. The number of nitrogens with one attached hydrogen (secondary N) is 1. The molecule has 3 heterocycles. The lowest BCUT2D eigenvalue weighted by Gasteiger charge is -2.18. The Morgan fingerprint density at radius 2 is 1.87 bits per heavy atom. The molecule has 31 heavy (non-hydrogen) atoms. The van der Waals surface area contributed by atoms with Crippen molar-refractivity contribution in [1.82, 2.24) is 20.3 Å². The summed E-state index contributed by atoms with van der Waals surface area (Å²) in [5.41, 5.74) is 2.49. The van der Waals surface area contributed by atoms with Gasteiger partial charge in [0.15, 0.2) is 0 Å². The van der Waals surface area contributed by atoms with Crippen LogP contribution in [0, 0.1) is 5.82 Å². The first-order valence-electron chi connectivity index (χ1n) is 9.77. The minimum atomic E-state index is -4.60. The Labute approximate surface area is 174 Å². The van der Waals surface area contributed by atoms with E-state index < -0.39 is 17.6 Å². The summed E-state index contributed by atoms with van der Waals surface area (Å²) in [5.74, 6) is -1.44. The second-order valence-electron chi connectivity index (χ2n) is 7.74. The van der Waals surface area contributed by atoms with E-state index in [-0.39, 0.29) is 17.7 Å². The largest absolute Gasteiger partial charge is 0.416 e. The van der Waals surface area contributed by atoms with Crippen LogP contribution < -0.4 is 5.32 Å². The molecule has 1 saturated carbocycles. The summed E-state index contributed by atoms with van der Waals surface area (Å²) in [4.78, 5) is 25.1. The summed E-state index contributed by atoms with van der Waals surface area (Å²) >= 11 is 0. The monoisotopic (exact) mass is 428 g/mol. The highest BCUT2D eigenvalue weighted by molar-refractivity contribution is 5.98. The predicted octanol–water partition coefficient (Wildman–Crippen LogP) is 4.25. The van der Waals surface area contributed by atoms with Crippen molar-refractivity contribution in [3.05, 3.63) is 76.6 Å². The van der Waals surface area contributed by atoms with Crippen molar-refractivity contribution >= 4 is 5.91 Å². The molecule has 3 aromatic rings. The van der Waals surface area contributed by atoms with Gasteiger partial charge in [0.25, 0.3) is 5.91 Å². The first-order valence-corrected chi connectivity index (χ1v) is 9.77. The van der Waals surface area contributed by atoms with Gasteiger partial charge in [0, 0.05) is 29.9 Å². The van der Waals surface area contributed by atoms with Gasteiger partial charge in [0.2, 0.25) is 0 Å². The molecule has 2 aliphatic rings. The minimum Gasteiger partial charge on any atom is -0.352 e. The second kappa shape index (κ2) is 7.11. The molecule has 5 rings (SSSR count). The molecule has 0 radical (unpaired) electrons. The lowest BCUT2D eigenvalue weighted by Crippen LogP contribution is -2.32. The summed E-state index contributed by atoms with van der Waals surface area (Å²) in [6.45, 7) is 0.508. The van der Waals surface area contributed by atoms with E-state index in [0.29, 0.717) is 53.7 Å². The quantitative estimate of drug-likeness (QED) is 0.634. The van der Waals surface area contributed by atoms with Crippen molar-refractivity contribution in [2.45, 2.75) is 30.9 Å². The molecule has 0 unspecified atom stereocenters. The predicted molar refractivity (Wildman–Crippen MR) is 103 cm³/mol. The Kier molecular flexibility index (Phi) is 4.49. The highest BCUT2D eigenvalue weighted by atomic mass is 19.4. The third-order valence-electron chi connectivity index (χ3n) is 5.74. The number of carbonyl (C=O) groups is 1. The number of aromatic nitrogens is 3. The first-order chi connectivity index (χ1) is 14.8. The number of alkyl halides is 3. The van der Waals surface area contributed by atoms with Crippen LogP contribution in [0.2, 0.25) is 0 Å². The smallest absolute Gasteiger partial charge is 0.352 e. The number of benzene rings is 1. The highest BCUT2D eigenvalue weighted by Crippen LogP contribution is 2.55. The Morgan fingerprint density at radius 3 is 2.68 bits per heavy atom. The van der Waals surface area contributed by atoms with Crippen LogP contribution in [0.25, 0.3) is 11.4 Å². The van der Waals surface area contributed by atoms with E-state index in [4.69, 9.17) is 0 Å². The SMILES string of the molecule is O=C1NCCc2c1ccnc2-c1cc([C@H]2C[C@@H]2c2cc(F)cc(C(F)(F)F)c2)ncn1. The summed E-state index contributed by atoms with van der Waals surface area (Å²) in [7, 11) is 0. The molecule has 1 aromatic carbocycles. The number of carbonyl (C=O) groups excluding carboxylic acids is 1. The Hall–Kier alpha value is -3.36. The number of amides is 1. The molecule has 2 aromatic heterocycles. The minimum absolute atomic E-state index is 0.132. The molecule has 1 aliphatic heterocycles. The lowest BCUT2D eigenvalue weighted by molar-refractivity contribution is -0.137. The summed E-state index contributed by atoms with van der Waals surface area (Å²) in [5, 5.41) is 2.79. The molecule has 0 saturated heterocycles. The number of pyridine rings is 1. The van der Waals surface area contributed by atoms with Crippen LogP contribution in [-0.2, 0) is 12.6 Å². The molecule has 2 atom stereocenters. The topological polar surface area (TPSA) is 67.8 Å². The highest BCUT2D eigenvalue weighted by Gasteiger charge is 2.42. The van der Waals surface area contributed by atoms with Crippen molar-refractivity contribution in [2.75, 3.05) is 6.54 Å².